The number of carbonyl (C=O) groups is 1. The van der Waals surface area contributed by atoms with Crippen LogP contribution in [0.25, 0.3) is 0 Å². The number of nitrogen functional groups attached to an aromatic ring is 1. The van der Waals surface area contributed by atoms with Gasteiger partial charge in [0.25, 0.3) is 5.91 Å². The largest absolute Gasteiger partial charge is 0.395 e. The van der Waals surface area contributed by atoms with Gasteiger partial charge in [-0.3, -0.25) is 9.89 Å². The molecule has 0 aromatic carbocycles. The van der Waals surface area contributed by atoms with Gasteiger partial charge in [-0.1, -0.05) is 0 Å². The number of aromatic amines is 1. The summed E-state index contributed by atoms with van der Waals surface area (Å²) in [5.74, 6) is 0.276. The van der Waals surface area contributed by atoms with E-state index in [1.54, 1.807) is 0 Å². The van der Waals surface area contributed by atoms with Gasteiger partial charge >= 0.3 is 0 Å². The summed E-state index contributed by atoms with van der Waals surface area (Å²) in [5.41, 5.74) is 7.55. The van der Waals surface area contributed by atoms with E-state index in [0.29, 0.717) is 30.5 Å². The molecule has 1 aliphatic heterocycles. The molecule has 1 amide bonds. The van der Waals surface area contributed by atoms with Crippen molar-refractivity contribution in [3.8, 4) is 0 Å². The molecule has 104 valence electrons. The van der Waals surface area contributed by atoms with Gasteiger partial charge in [0, 0.05) is 24.7 Å². The molecular formula is C13H20N4O2. The number of H-pyrrole nitrogens is 1. The molecular weight excluding hydrogens is 244 g/mol. The Morgan fingerprint density at radius 1 is 1.47 bits per heavy atom. The minimum absolute atomic E-state index is 0.190. The lowest BCUT2D eigenvalue weighted by Crippen LogP contribution is -2.49. The normalized spacial score (nSPS) is 22.2. The second-order valence-electron chi connectivity index (χ2n) is 5.80. The lowest BCUT2D eigenvalue weighted by Gasteiger charge is -2.34. The molecule has 0 unspecified atom stereocenters. The molecule has 3 rings (SSSR count). The Balaban J connectivity index is 1.73. The highest BCUT2D eigenvalue weighted by molar-refractivity contribution is 5.98. The van der Waals surface area contributed by atoms with Gasteiger partial charge in [-0.2, -0.15) is 5.10 Å². The second-order valence-corrected chi connectivity index (χ2v) is 5.80. The molecule has 2 heterocycles. The number of rotatable bonds is 3. The van der Waals surface area contributed by atoms with Crippen molar-refractivity contribution in [1.82, 2.24) is 15.5 Å². The van der Waals surface area contributed by atoms with Crippen LogP contribution in [0.1, 0.15) is 54.7 Å². The molecule has 2 fully saturated rings. The summed E-state index contributed by atoms with van der Waals surface area (Å²) in [6.45, 7) is 3.40. The fraction of sp³-hybridized carbons (Fsp3) is 0.692. The maximum Gasteiger partial charge on any atom is 0.274 e. The topological polar surface area (TPSA) is 93.0 Å². The molecule has 6 nitrogen and oxygen atoms in total. The first-order valence-electron chi connectivity index (χ1n) is 6.83. The molecule has 1 saturated heterocycles. The van der Waals surface area contributed by atoms with Crippen molar-refractivity contribution < 1.29 is 9.53 Å². The molecule has 6 heteroatoms. The first kappa shape index (κ1) is 12.5. The van der Waals surface area contributed by atoms with E-state index in [-0.39, 0.29) is 11.4 Å². The average Bonchev–Trinajstić information content (AvgIpc) is 3.13. The molecule has 1 aromatic rings. The van der Waals surface area contributed by atoms with Gasteiger partial charge in [-0.15, -0.1) is 0 Å². The van der Waals surface area contributed by atoms with Crippen LogP contribution in [0.15, 0.2) is 0 Å². The van der Waals surface area contributed by atoms with Crippen LogP contribution in [-0.4, -0.2) is 34.9 Å². The molecule has 0 radical (unpaired) electrons. The van der Waals surface area contributed by atoms with Gasteiger partial charge in [0.2, 0.25) is 0 Å². The molecule has 1 aromatic heterocycles. The number of aromatic nitrogens is 2. The maximum absolute atomic E-state index is 12.3. The van der Waals surface area contributed by atoms with Crippen LogP contribution in [0.3, 0.4) is 0 Å². The number of nitrogens with one attached hydrogen (secondary N) is 2. The van der Waals surface area contributed by atoms with Crippen molar-refractivity contribution in [3.05, 3.63) is 11.4 Å². The van der Waals surface area contributed by atoms with Crippen molar-refractivity contribution in [2.45, 2.75) is 44.1 Å². The number of nitrogens with two attached hydrogens (primary N) is 1. The zero-order chi connectivity index (χ0) is 13.5. The highest BCUT2D eigenvalue weighted by atomic mass is 16.5. The number of ether oxygens (including phenoxy) is 1. The zero-order valence-electron chi connectivity index (χ0n) is 11.2. The predicted molar refractivity (Wildman–Crippen MR) is 70.9 cm³/mol. The van der Waals surface area contributed by atoms with Gasteiger partial charge in [-0.25, -0.2) is 0 Å². The molecule has 0 bridgehead atoms. The third-order valence-electron chi connectivity index (χ3n) is 4.05. The third-order valence-corrected chi connectivity index (χ3v) is 4.05. The van der Waals surface area contributed by atoms with Crippen LogP contribution in [-0.2, 0) is 4.74 Å². The van der Waals surface area contributed by atoms with Gasteiger partial charge < -0.3 is 15.8 Å². The van der Waals surface area contributed by atoms with E-state index < -0.39 is 0 Å². The van der Waals surface area contributed by atoms with E-state index in [9.17, 15) is 4.79 Å². The lowest BCUT2D eigenvalue weighted by molar-refractivity contribution is 0.0421. The highest BCUT2D eigenvalue weighted by Gasteiger charge is 2.33. The van der Waals surface area contributed by atoms with Crippen molar-refractivity contribution in [3.63, 3.8) is 0 Å². The monoisotopic (exact) mass is 264 g/mol. The molecule has 1 aliphatic carbocycles. The van der Waals surface area contributed by atoms with E-state index in [1.807, 2.05) is 6.92 Å². The molecule has 19 heavy (non-hydrogen) atoms. The Bertz CT molecular complexity index is 487. The van der Waals surface area contributed by atoms with Crippen LogP contribution in [0.4, 0.5) is 5.69 Å². The van der Waals surface area contributed by atoms with Crippen LogP contribution in [0.2, 0.25) is 0 Å². The Labute approximate surface area is 112 Å². The third kappa shape index (κ3) is 2.45. The zero-order valence-corrected chi connectivity index (χ0v) is 11.2. The minimum Gasteiger partial charge on any atom is -0.395 e. The SMILES string of the molecule is CC1(NC(=O)c2n[nH]c(C3CC3)c2N)CCOCC1. The molecule has 4 N–H and O–H groups in total. The summed E-state index contributed by atoms with van der Waals surface area (Å²) in [7, 11) is 0. The van der Waals surface area contributed by atoms with Crippen molar-refractivity contribution >= 4 is 11.6 Å². The molecule has 1 saturated carbocycles. The summed E-state index contributed by atoms with van der Waals surface area (Å²) >= 11 is 0. The van der Waals surface area contributed by atoms with Gasteiger partial charge in [0.05, 0.1) is 11.4 Å². The Kier molecular flexibility index (Phi) is 2.97. The first-order valence-corrected chi connectivity index (χ1v) is 6.83. The van der Waals surface area contributed by atoms with E-state index in [0.717, 1.165) is 31.4 Å². The number of anilines is 1. The number of amides is 1. The summed E-state index contributed by atoms with van der Waals surface area (Å²) in [6.07, 6.45) is 3.89. The Morgan fingerprint density at radius 2 is 2.16 bits per heavy atom. The standard InChI is InChI=1S/C13H20N4O2/c1-13(4-6-19-7-5-13)15-12(18)11-9(14)10(16-17-11)8-2-3-8/h8H,2-7,14H2,1H3,(H,15,18)(H,16,17). The quantitative estimate of drug-likeness (QED) is 0.764. The van der Waals surface area contributed by atoms with Crippen LogP contribution < -0.4 is 11.1 Å². The maximum atomic E-state index is 12.3. The summed E-state index contributed by atoms with van der Waals surface area (Å²) < 4.78 is 5.32. The first-order chi connectivity index (χ1) is 9.09. The summed E-state index contributed by atoms with van der Waals surface area (Å²) in [6, 6.07) is 0. The summed E-state index contributed by atoms with van der Waals surface area (Å²) in [5, 5.41) is 10.0. The fourth-order valence-corrected chi connectivity index (χ4v) is 2.50. The van der Waals surface area contributed by atoms with E-state index in [2.05, 4.69) is 15.5 Å². The van der Waals surface area contributed by atoms with Crippen molar-refractivity contribution in [2.75, 3.05) is 18.9 Å². The van der Waals surface area contributed by atoms with Crippen molar-refractivity contribution in [1.29, 1.82) is 0 Å². The smallest absolute Gasteiger partial charge is 0.274 e. The van der Waals surface area contributed by atoms with Gasteiger partial charge in [0.1, 0.15) is 0 Å². The van der Waals surface area contributed by atoms with Crippen molar-refractivity contribution in [2.24, 2.45) is 0 Å². The number of hydrogen-bond acceptors (Lipinski definition) is 4. The number of hydrogen-bond donors (Lipinski definition) is 3. The molecule has 2 aliphatic rings. The average molecular weight is 264 g/mol. The number of carbonyl (C=O) groups excluding carboxylic acids is 1. The van der Waals surface area contributed by atoms with Gasteiger partial charge in [0.15, 0.2) is 5.69 Å². The number of nitrogens with zero attached hydrogens (tertiary/aromatic N) is 1. The van der Waals surface area contributed by atoms with Crippen LogP contribution >= 0.6 is 0 Å². The van der Waals surface area contributed by atoms with Gasteiger partial charge in [-0.05, 0) is 32.6 Å². The fourth-order valence-electron chi connectivity index (χ4n) is 2.50. The van der Waals surface area contributed by atoms with E-state index in [4.69, 9.17) is 10.5 Å². The molecule has 0 spiro atoms. The Hall–Kier alpha value is -1.56. The molecule has 0 atom stereocenters. The van der Waals surface area contributed by atoms with E-state index in [1.165, 1.54) is 0 Å². The summed E-state index contributed by atoms with van der Waals surface area (Å²) in [4.78, 5) is 12.3. The Morgan fingerprint density at radius 3 is 2.79 bits per heavy atom. The predicted octanol–water partition coefficient (Wildman–Crippen LogP) is 1.17. The van der Waals surface area contributed by atoms with E-state index >= 15 is 0 Å². The van der Waals surface area contributed by atoms with Crippen LogP contribution in [0.5, 0.6) is 0 Å². The second kappa shape index (κ2) is 4.52. The highest BCUT2D eigenvalue weighted by Crippen LogP contribution is 2.42. The van der Waals surface area contributed by atoms with Crippen LogP contribution in [0, 0.1) is 0 Å². The minimum atomic E-state index is -0.222. The lowest BCUT2D eigenvalue weighted by atomic mass is 9.92.